The van der Waals surface area contributed by atoms with Crippen LogP contribution in [0.25, 0.3) is 0 Å². The number of nitrogens with one attached hydrogen (secondary N) is 2. The van der Waals surface area contributed by atoms with E-state index < -0.39 is 5.54 Å². The first-order chi connectivity index (χ1) is 13.0. The van der Waals surface area contributed by atoms with Crippen molar-refractivity contribution in [3.63, 3.8) is 0 Å². The van der Waals surface area contributed by atoms with Crippen LogP contribution in [0.15, 0.2) is 24.3 Å². The number of hydrogen-bond acceptors (Lipinski definition) is 4. The Balaban J connectivity index is 0.00000280. The van der Waals surface area contributed by atoms with Crippen LogP contribution < -0.4 is 10.6 Å². The molecule has 1 aromatic rings. The van der Waals surface area contributed by atoms with Gasteiger partial charge in [0.2, 0.25) is 5.91 Å². The molecule has 2 aliphatic rings. The largest absolute Gasteiger partial charge is 0.327 e. The molecule has 1 saturated heterocycles. The van der Waals surface area contributed by atoms with E-state index in [9.17, 15) is 14.4 Å². The number of urea groups is 1. The third-order valence-electron chi connectivity index (χ3n) is 5.58. The monoisotopic (exact) mass is 408 g/mol. The zero-order valence-electron chi connectivity index (χ0n) is 16.5. The lowest BCUT2D eigenvalue weighted by Gasteiger charge is -2.35. The number of carbonyl (C=O) groups is 3. The summed E-state index contributed by atoms with van der Waals surface area (Å²) >= 11 is 0. The number of amides is 4. The maximum Gasteiger partial charge on any atom is 0.327 e. The summed E-state index contributed by atoms with van der Waals surface area (Å²) in [6, 6.07) is 7.17. The van der Waals surface area contributed by atoms with E-state index in [4.69, 9.17) is 0 Å². The summed E-state index contributed by atoms with van der Waals surface area (Å²) in [5, 5.41) is 6.04. The molecule has 8 heteroatoms. The third-order valence-corrected chi connectivity index (χ3v) is 5.58. The molecular weight excluding hydrogens is 380 g/mol. The van der Waals surface area contributed by atoms with Crippen molar-refractivity contribution in [1.29, 1.82) is 0 Å². The number of nitrogens with zero attached hydrogens (tertiary/aromatic N) is 2. The molecule has 1 saturated carbocycles. The maximum absolute atomic E-state index is 12.9. The zero-order chi connectivity index (χ0) is 19.4. The Morgan fingerprint density at radius 3 is 2.57 bits per heavy atom. The Labute approximate surface area is 172 Å². The standard InChI is InChI=1S/C20H28N4O3.ClH/c1-3-21-13-15-8-7-9-16(12-15)22-17(25)14-24-18(26)20(23(2)19(24)27)10-5-4-6-11-20;/h7-9,12,21H,3-6,10-11,13-14H2,1-2H3,(H,22,25);1H. The summed E-state index contributed by atoms with van der Waals surface area (Å²) < 4.78 is 0. The van der Waals surface area contributed by atoms with Crippen LogP contribution in [-0.2, 0) is 16.1 Å². The molecule has 28 heavy (non-hydrogen) atoms. The van der Waals surface area contributed by atoms with E-state index in [1.54, 1.807) is 18.0 Å². The minimum atomic E-state index is -0.749. The van der Waals surface area contributed by atoms with Crippen molar-refractivity contribution in [3.05, 3.63) is 29.8 Å². The topological polar surface area (TPSA) is 81.8 Å². The lowest BCUT2D eigenvalue weighted by atomic mass is 9.81. The van der Waals surface area contributed by atoms with Gasteiger partial charge in [0.15, 0.2) is 0 Å². The van der Waals surface area contributed by atoms with Gasteiger partial charge in [-0.25, -0.2) is 4.79 Å². The minimum absolute atomic E-state index is 0. The van der Waals surface area contributed by atoms with E-state index in [1.165, 1.54) is 0 Å². The number of carbonyl (C=O) groups excluding carboxylic acids is 3. The van der Waals surface area contributed by atoms with Gasteiger partial charge in [-0.05, 0) is 37.1 Å². The Kier molecular flexibility index (Phi) is 7.43. The van der Waals surface area contributed by atoms with Crippen molar-refractivity contribution in [3.8, 4) is 0 Å². The fourth-order valence-electron chi connectivity index (χ4n) is 4.04. The molecule has 2 N–H and O–H groups in total. The van der Waals surface area contributed by atoms with Crippen molar-refractivity contribution in [2.24, 2.45) is 0 Å². The van der Waals surface area contributed by atoms with E-state index >= 15 is 0 Å². The van der Waals surface area contributed by atoms with Gasteiger partial charge in [-0.3, -0.25) is 14.5 Å². The van der Waals surface area contributed by atoms with Crippen molar-refractivity contribution >= 4 is 35.9 Å². The predicted molar refractivity (Wildman–Crippen MR) is 110 cm³/mol. The van der Waals surface area contributed by atoms with Crippen LogP contribution in [-0.4, -0.2) is 53.3 Å². The molecule has 1 spiro atoms. The molecule has 4 amide bonds. The van der Waals surface area contributed by atoms with Gasteiger partial charge in [-0.15, -0.1) is 12.4 Å². The lowest BCUT2D eigenvalue weighted by molar-refractivity contribution is -0.136. The molecule has 1 aromatic carbocycles. The number of imide groups is 1. The number of halogens is 1. The fraction of sp³-hybridized carbons (Fsp3) is 0.550. The van der Waals surface area contributed by atoms with Gasteiger partial charge < -0.3 is 15.5 Å². The molecule has 0 bridgehead atoms. The summed E-state index contributed by atoms with van der Waals surface area (Å²) in [7, 11) is 1.67. The number of benzene rings is 1. The highest BCUT2D eigenvalue weighted by Gasteiger charge is 2.55. The van der Waals surface area contributed by atoms with Gasteiger partial charge in [0.1, 0.15) is 12.1 Å². The molecule has 154 valence electrons. The van der Waals surface area contributed by atoms with Crippen molar-refractivity contribution < 1.29 is 14.4 Å². The van der Waals surface area contributed by atoms with Crippen LogP contribution in [0.5, 0.6) is 0 Å². The van der Waals surface area contributed by atoms with Crippen LogP contribution in [0.3, 0.4) is 0 Å². The van der Waals surface area contributed by atoms with E-state index in [1.807, 2.05) is 25.1 Å². The highest BCUT2D eigenvalue weighted by atomic mass is 35.5. The second-order valence-electron chi connectivity index (χ2n) is 7.35. The molecule has 7 nitrogen and oxygen atoms in total. The van der Waals surface area contributed by atoms with E-state index in [0.717, 1.165) is 42.8 Å². The van der Waals surface area contributed by atoms with Crippen molar-refractivity contribution in [2.75, 3.05) is 25.5 Å². The van der Waals surface area contributed by atoms with Gasteiger partial charge >= 0.3 is 6.03 Å². The number of rotatable bonds is 6. The van der Waals surface area contributed by atoms with Gasteiger partial charge in [-0.2, -0.15) is 0 Å². The molecule has 1 aliphatic heterocycles. The second kappa shape index (κ2) is 9.39. The molecule has 2 fully saturated rings. The number of anilines is 1. The number of hydrogen-bond donors (Lipinski definition) is 2. The van der Waals surface area contributed by atoms with Crippen molar-refractivity contribution in [1.82, 2.24) is 15.1 Å². The summed E-state index contributed by atoms with van der Waals surface area (Å²) in [6.45, 7) is 3.37. The van der Waals surface area contributed by atoms with Crippen LogP contribution in [0, 0.1) is 0 Å². The summed E-state index contributed by atoms with van der Waals surface area (Å²) in [6.07, 6.45) is 4.31. The normalized spacial score (nSPS) is 18.4. The smallest absolute Gasteiger partial charge is 0.325 e. The molecule has 0 radical (unpaired) electrons. The third kappa shape index (κ3) is 4.31. The van der Waals surface area contributed by atoms with Crippen LogP contribution >= 0.6 is 12.4 Å². The minimum Gasteiger partial charge on any atom is -0.325 e. The molecule has 0 aromatic heterocycles. The Hall–Kier alpha value is -2.12. The first kappa shape index (κ1) is 22.2. The summed E-state index contributed by atoms with van der Waals surface area (Å²) in [4.78, 5) is 40.6. The highest BCUT2D eigenvalue weighted by Crippen LogP contribution is 2.39. The van der Waals surface area contributed by atoms with Crippen LogP contribution in [0.4, 0.5) is 10.5 Å². The summed E-state index contributed by atoms with van der Waals surface area (Å²) in [5.74, 6) is -0.593. The molecule has 1 aliphatic carbocycles. The van der Waals surface area contributed by atoms with E-state index in [2.05, 4.69) is 10.6 Å². The van der Waals surface area contributed by atoms with Gasteiger partial charge in [-0.1, -0.05) is 38.3 Å². The van der Waals surface area contributed by atoms with Crippen LogP contribution in [0.2, 0.25) is 0 Å². The Bertz CT molecular complexity index is 734. The van der Waals surface area contributed by atoms with Crippen LogP contribution in [0.1, 0.15) is 44.6 Å². The average molecular weight is 409 g/mol. The first-order valence-electron chi connectivity index (χ1n) is 9.67. The SMILES string of the molecule is CCNCc1cccc(NC(=O)CN2C(=O)N(C)C3(CCCCC3)C2=O)c1.Cl. The predicted octanol–water partition coefficient (Wildman–Crippen LogP) is 2.75. The highest BCUT2D eigenvalue weighted by molar-refractivity contribution is 6.10. The second-order valence-corrected chi connectivity index (χ2v) is 7.35. The first-order valence-corrected chi connectivity index (χ1v) is 9.67. The maximum atomic E-state index is 12.9. The fourth-order valence-corrected chi connectivity index (χ4v) is 4.04. The van der Waals surface area contributed by atoms with Crippen molar-refractivity contribution in [2.45, 2.75) is 51.1 Å². The van der Waals surface area contributed by atoms with E-state index in [-0.39, 0.29) is 36.8 Å². The molecular formula is C20H29ClN4O3. The van der Waals surface area contributed by atoms with E-state index in [0.29, 0.717) is 18.5 Å². The molecule has 1 heterocycles. The van der Waals surface area contributed by atoms with Gasteiger partial charge in [0, 0.05) is 19.3 Å². The molecule has 3 rings (SSSR count). The molecule has 0 atom stereocenters. The van der Waals surface area contributed by atoms with Gasteiger partial charge in [0.25, 0.3) is 5.91 Å². The quantitative estimate of drug-likeness (QED) is 0.709. The average Bonchev–Trinajstić information content (AvgIpc) is 2.83. The number of likely N-dealkylation sites (N-methyl/N-ethyl adjacent to an activating group) is 1. The Morgan fingerprint density at radius 1 is 1.18 bits per heavy atom. The molecule has 0 unspecified atom stereocenters. The van der Waals surface area contributed by atoms with Gasteiger partial charge in [0.05, 0.1) is 0 Å². The Morgan fingerprint density at radius 2 is 1.89 bits per heavy atom. The lowest BCUT2D eigenvalue weighted by Crippen LogP contribution is -2.49. The summed E-state index contributed by atoms with van der Waals surface area (Å²) in [5.41, 5.74) is 0.973. The zero-order valence-corrected chi connectivity index (χ0v) is 17.3.